The molecule has 1 heterocycles. The number of nitrogens with two attached hydrogens (primary N) is 1. The number of aromatic nitrogens is 2. The monoisotopic (exact) mass is 299 g/mol. The Morgan fingerprint density at radius 3 is 2.62 bits per heavy atom. The van der Waals surface area contributed by atoms with Gasteiger partial charge in [-0.25, -0.2) is 0 Å². The summed E-state index contributed by atoms with van der Waals surface area (Å²) in [6.45, 7) is 0.486. The van der Waals surface area contributed by atoms with E-state index in [-0.39, 0.29) is 0 Å². The fraction of sp³-hybridized carbons (Fsp3) is 0.125. The second-order valence-electron chi connectivity index (χ2n) is 4.72. The van der Waals surface area contributed by atoms with Gasteiger partial charge >= 0.3 is 0 Å². The van der Waals surface area contributed by atoms with E-state index < -0.39 is 0 Å². The maximum Gasteiger partial charge on any atom is 0.257 e. The zero-order valence-electron chi connectivity index (χ0n) is 11.3. The molecule has 21 heavy (non-hydrogen) atoms. The van der Waals surface area contributed by atoms with Crippen molar-refractivity contribution in [3.63, 3.8) is 0 Å². The molecule has 0 radical (unpaired) electrons. The second-order valence-corrected chi connectivity index (χ2v) is 5.16. The lowest BCUT2D eigenvalue weighted by molar-refractivity contribution is 0.424. The molecule has 0 saturated carbocycles. The summed E-state index contributed by atoms with van der Waals surface area (Å²) in [6.07, 6.45) is 0.608. The van der Waals surface area contributed by atoms with Crippen molar-refractivity contribution in [2.75, 3.05) is 0 Å². The van der Waals surface area contributed by atoms with E-state index in [4.69, 9.17) is 21.9 Å². The molecule has 1 aromatic heterocycles. The van der Waals surface area contributed by atoms with Crippen LogP contribution in [0, 0.1) is 0 Å². The largest absolute Gasteiger partial charge is 0.334 e. The first-order valence-electron chi connectivity index (χ1n) is 6.61. The number of hydrogen-bond donors (Lipinski definition) is 1. The van der Waals surface area contributed by atoms with Crippen molar-refractivity contribution in [3.8, 4) is 11.5 Å². The molecule has 5 heteroatoms. The summed E-state index contributed by atoms with van der Waals surface area (Å²) >= 11 is 5.87. The molecule has 2 N–H and O–H groups in total. The molecule has 0 saturated heterocycles. The third-order valence-electron chi connectivity index (χ3n) is 3.15. The van der Waals surface area contributed by atoms with Gasteiger partial charge < -0.3 is 10.3 Å². The summed E-state index contributed by atoms with van der Waals surface area (Å²) in [7, 11) is 0. The van der Waals surface area contributed by atoms with Crippen LogP contribution in [0.3, 0.4) is 0 Å². The number of benzene rings is 2. The van der Waals surface area contributed by atoms with Crippen LogP contribution >= 0.6 is 11.6 Å². The summed E-state index contributed by atoms with van der Waals surface area (Å²) < 4.78 is 5.32. The minimum Gasteiger partial charge on any atom is -0.334 e. The van der Waals surface area contributed by atoms with Crippen LogP contribution in [0.5, 0.6) is 0 Å². The quantitative estimate of drug-likeness (QED) is 0.801. The Labute approximate surface area is 127 Å². The molecule has 0 amide bonds. The van der Waals surface area contributed by atoms with Crippen LogP contribution in [-0.4, -0.2) is 10.1 Å². The molecule has 0 aliphatic heterocycles. The van der Waals surface area contributed by atoms with Gasteiger partial charge in [0, 0.05) is 23.6 Å². The first-order valence-corrected chi connectivity index (χ1v) is 6.99. The van der Waals surface area contributed by atoms with Gasteiger partial charge in [-0.1, -0.05) is 41.0 Å². The lowest BCUT2D eigenvalue weighted by Gasteiger charge is -1.98. The van der Waals surface area contributed by atoms with Crippen molar-refractivity contribution < 1.29 is 4.52 Å². The Hall–Kier alpha value is -2.17. The fourth-order valence-electron chi connectivity index (χ4n) is 2.06. The van der Waals surface area contributed by atoms with E-state index >= 15 is 0 Å². The topological polar surface area (TPSA) is 64.9 Å². The number of halogens is 1. The molecule has 0 spiro atoms. The molecule has 0 aliphatic rings. The van der Waals surface area contributed by atoms with Gasteiger partial charge in [-0.3, -0.25) is 0 Å². The summed E-state index contributed by atoms with van der Waals surface area (Å²) in [5.74, 6) is 1.15. The maximum atomic E-state index is 5.87. The van der Waals surface area contributed by atoms with E-state index in [2.05, 4.69) is 10.1 Å². The summed E-state index contributed by atoms with van der Waals surface area (Å²) in [6, 6.07) is 15.4. The van der Waals surface area contributed by atoms with Gasteiger partial charge in [0.05, 0.1) is 0 Å². The Morgan fingerprint density at radius 2 is 1.86 bits per heavy atom. The Balaban J connectivity index is 1.81. The molecular formula is C16H14ClN3O. The van der Waals surface area contributed by atoms with Crippen molar-refractivity contribution in [1.29, 1.82) is 0 Å². The zero-order valence-corrected chi connectivity index (χ0v) is 12.0. The SMILES string of the molecule is NCc1cccc(-c2nc(Cc3ccc(Cl)cc3)no2)c1. The van der Waals surface area contributed by atoms with Crippen molar-refractivity contribution in [2.45, 2.75) is 13.0 Å². The second kappa shape index (κ2) is 6.08. The lowest BCUT2D eigenvalue weighted by Crippen LogP contribution is -1.95. The van der Waals surface area contributed by atoms with E-state index in [1.54, 1.807) is 0 Å². The number of nitrogens with zero attached hydrogens (tertiary/aromatic N) is 2. The number of hydrogen-bond acceptors (Lipinski definition) is 4. The van der Waals surface area contributed by atoms with Crippen molar-refractivity contribution in [1.82, 2.24) is 10.1 Å². The third kappa shape index (κ3) is 3.29. The van der Waals surface area contributed by atoms with Gasteiger partial charge in [0.2, 0.25) is 0 Å². The predicted molar refractivity (Wildman–Crippen MR) is 81.9 cm³/mol. The highest BCUT2D eigenvalue weighted by molar-refractivity contribution is 6.30. The molecule has 4 nitrogen and oxygen atoms in total. The van der Waals surface area contributed by atoms with Crippen molar-refractivity contribution in [3.05, 3.63) is 70.5 Å². The average molecular weight is 300 g/mol. The molecule has 3 rings (SSSR count). The van der Waals surface area contributed by atoms with E-state index in [0.717, 1.165) is 16.7 Å². The normalized spacial score (nSPS) is 10.8. The fourth-order valence-corrected chi connectivity index (χ4v) is 2.19. The average Bonchev–Trinajstić information content (AvgIpc) is 2.98. The maximum absolute atomic E-state index is 5.87. The molecule has 0 fully saturated rings. The van der Waals surface area contributed by atoms with Crippen LogP contribution < -0.4 is 5.73 Å². The van der Waals surface area contributed by atoms with Gasteiger partial charge in [-0.05, 0) is 35.4 Å². The Bertz CT molecular complexity index is 737. The van der Waals surface area contributed by atoms with Gasteiger partial charge in [0.15, 0.2) is 5.82 Å². The van der Waals surface area contributed by atoms with Crippen LogP contribution in [0.1, 0.15) is 17.0 Å². The minimum absolute atomic E-state index is 0.486. The summed E-state index contributed by atoms with van der Waals surface area (Å²) in [5.41, 5.74) is 8.64. The first kappa shape index (κ1) is 13.8. The van der Waals surface area contributed by atoms with E-state index in [1.807, 2.05) is 48.5 Å². The predicted octanol–water partition coefficient (Wildman–Crippen LogP) is 3.44. The van der Waals surface area contributed by atoms with Gasteiger partial charge in [0.1, 0.15) is 0 Å². The van der Waals surface area contributed by atoms with Crippen LogP contribution in [0.2, 0.25) is 5.02 Å². The molecule has 0 aliphatic carbocycles. The van der Waals surface area contributed by atoms with Crippen LogP contribution in [0.25, 0.3) is 11.5 Å². The zero-order chi connectivity index (χ0) is 14.7. The van der Waals surface area contributed by atoms with E-state index in [9.17, 15) is 0 Å². The smallest absolute Gasteiger partial charge is 0.257 e. The Morgan fingerprint density at radius 1 is 1.05 bits per heavy atom. The molecule has 0 atom stereocenters. The lowest BCUT2D eigenvalue weighted by atomic mass is 10.1. The summed E-state index contributed by atoms with van der Waals surface area (Å²) in [5, 5.41) is 4.73. The molecule has 3 aromatic rings. The molecule has 0 unspecified atom stereocenters. The van der Waals surface area contributed by atoms with Gasteiger partial charge in [-0.2, -0.15) is 4.98 Å². The molecule has 106 valence electrons. The van der Waals surface area contributed by atoms with Crippen LogP contribution in [0.15, 0.2) is 53.1 Å². The highest BCUT2D eigenvalue weighted by atomic mass is 35.5. The van der Waals surface area contributed by atoms with Crippen molar-refractivity contribution >= 4 is 11.6 Å². The third-order valence-corrected chi connectivity index (χ3v) is 3.41. The van der Waals surface area contributed by atoms with Crippen molar-refractivity contribution in [2.24, 2.45) is 5.73 Å². The molecule has 2 aromatic carbocycles. The standard InChI is InChI=1S/C16H14ClN3O/c17-14-6-4-11(5-7-14)9-15-19-16(21-20-15)13-3-1-2-12(8-13)10-18/h1-8H,9-10,18H2. The summed E-state index contributed by atoms with van der Waals surface area (Å²) in [4.78, 5) is 4.42. The highest BCUT2D eigenvalue weighted by Crippen LogP contribution is 2.19. The van der Waals surface area contributed by atoms with Crippen LogP contribution in [-0.2, 0) is 13.0 Å². The highest BCUT2D eigenvalue weighted by Gasteiger charge is 2.09. The van der Waals surface area contributed by atoms with Gasteiger partial charge in [0.25, 0.3) is 5.89 Å². The van der Waals surface area contributed by atoms with E-state index in [1.165, 1.54) is 0 Å². The van der Waals surface area contributed by atoms with Gasteiger partial charge in [-0.15, -0.1) is 0 Å². The molecule has 0 bridgehead atoms. The Kier molecular flexibility index (Phi) is 3.99. The van der Waals surface area contributed by atoms with E-state index in [0.29, 0.717) is 29.7 Å². The molecular weight excluding hydrogens is 286 g/mol. The van der Waals surface area contributed by atoms with Crippen LogP contribution in [0.4, 0.5) is 0 Å². The first-order chi connectivity index (χ1) is 10.2. The number of rotatable bonds is 4. The minimum atomic E-state index is 0.486.